The molecular weight excluding hydrogens is 380 g/mol. The van der Waals surface area contributed by atoms with Crippen molar-refractivity contribution in [1.29, 1.82) is 0 Å². The molecule has 0 bridgehead atoms. The molecule has 1 fully saturated rings. The van der Waals surface area contributed by atoms with Crippen LogP contribution in [0.1, 0.15) is 28.5 Å². The van der Waals surface area contributed by atoms with Crippen molar-refractivity contribution in [3.63, 3.8) is 0 Å². The summed E-state index contributed by atoms with van der Waals surface area (Å²) in [6, 6.07) is 14.8. The minimum Gasteiger partial charge on any atom is -0.326 e. The van der Waals surface area contributed by atoms with Crippen molar-refractivity contribution in [2.45, 2.75) is 13.0 Å². The SMILES string of the molecule is CON1CCN(C(=O)c2ccc(C=Cc3n[nH]c4ccccc34)cc2)C(C(C)=O)C1. The number of nitrogens with one attached hydrogen (secondary N) is 1. The predicted molar refractivity (Wildman–Crippen MR) is 116 cm³/mol. The third kappa shape index (κ3) is 4.03. The molecule has 0 saturated carbocycles. The van der Waals surface area contributed by atoms with Crippen molar-refractivity contribution in [2.24, 2.45) is 0 Å². The second-order valence-corrected chi connectivity index (χ2v) is 7.31. The van der Waals surface area contributed by atoms with Crippen LogP contribution in [0.2, 0.25) is 0 Å². The van der Waals surface area contributed by atoms with Crippen molar-refractivity contribution < 1.29 is 14.4 Å². The van der Waals surface area contributed by atoms with Gasteiger partial charge in [0.15, 0.2) is 5.78 Å². The summed E-state index contributed by atoms with van der Waals surface area (Å²) in [5.41, 5.74) is 3.39. The molecule has 2 aromatic carbocycles. The van der Waals surface area contributed by atoms with Crippen molar-refractivity contribution in [3.8, 4) is 0 Å². The van der Waals surface area contributed by atoms with Gasteiger partial charge in [-0.1, -0.05) is 36.4 Å². The van der Waals surface area contributed by atoms with Crippen LogP contribution in [0.4, 0.5) is 0 Å². The van der Waals surface area contributed by atoms with Crippen molar-refractivity contribution in [2.75, 3.05) is 26.7 Å². The number of carbonyl (C=O) groups excluding carboxylic acids is 2. The number of carbonyl (C=O) groups is 2. The number of hydroxylamine groups is 2. The first-order valence-electron chi connectivity index (χ1n) is 9.88. The Morgan fingerprint density at radius 2 is 1.87 bits per heavy atom. The molecule has 1 atom stereocenters. The molecule has 1 aromatic heterocycles. The molecule has 3 aromatic rings. The standard InChI is InChI=1S/C23H24N4O3/c1-16(28)22-15-26(30-2)13-14-27(22)23(29)18-10-7-17(8-11-18)9-12-21-19-5-3-4-6-20(19)24-25-21/h3-12,22H,13-15H2,1-2H3,(H,24,25). The van der Waals surface area contributed by atoms with Gasteiger partial charge in [-0.15, -0.1) is 0 Å². The monoisotopic (exact) mass is 404 g/mol. The summed E-state index contributed by atoms with van der Waals surface area (Å²) >= 11 is 0. The molecular formula is C23H24N4O3. The van der Waals surface area contributed by atoms with Crippen molar-refractivity contribution >= 4 is 34.7 Å². The molecule has 0 spiro atoms. The number of aromatic amines is 1. The molecule has 1 aliphatic rings. The fourth-order valence-corrected chi connectivity index (χ4v) is 3.70. The number of benzene rings is 2. The van der Waals surface area contributed by atoms with E-state index in [2.05, 4.69) is 10.2 Å². The molecule has 1 unspecified atom stereocenters. The summed E-state index contributed by atoms with van der Waals surface area (Å²) in [6.07, 6.45) is 3.91. The van der Waals surface area contributed by atoms with Gasteiger partial charge in [-0.25, -0.2) is 0 Å². The Hall–Kier alpha value is -3.29. The normalized spacial score (nSPS) is 17.7. The van der Waals surface area contributed by atoms with Gasteiger partial charge < -0.3 is 9.74 Å². The number of hydrogen-bond acceptors (Lipinski definition) is 5. The summed E-state index contributed by atoms with van der Waals surface area (Å²) < 4.78 is 0. The zero-order valence-electron chi connectivity index (χ0n) is 17.0. The van der Waals surface area contributed by atoms with Gasteiger partial charge in [0.1, 0.15) is 6.04 Å². The maximum absolute atomic E-state index is 13.0. The van der Waals surface area contributed by atoms with E-state index >= 15 is 0 Å². The highest BCUT2D eigenvalue weighted by molar-refractivity contribution is 5.98. The van der Waals surface area contributed by atoms with E-state index in [0.717, 1.165) is 22.2 Å². The van der Waals surface area contributed by atoms with E-state index in [4.69, 9.17) is 4.84 Å². The molecule has 7 heteroatoms. The van der Waals surface area contributed by atoms with Crippen molar-refractivity contribution in [1.82, 2.24) is 20.2 Å². The Morgan fingerprint density at radius 1 is 1.10 bits per heavy atom. The molecule has 2 heterocycles. The van der Waals surface area contributed by atoms with Crippen LogP contribution >= 0.6 is 0 Å². The maximum Gasteiger partial charge on any atom is 0.254 e. The second kappa shape index (κ2) is 8.61. The van der Waals surface area contributed by atoms with Crippen LogP contribution in [-0.4, -0.2) is 64.6 Å². The number of para-hydroxylation sites is 1. The Bertz CT molecular complexity index is 1090. The quantitative estimate of drug-likeness (QED) is 0.707. The van der Waals surface area contributed by atoms with Crippen LogP contribution in [0.3, 0.4) is 0 Å². The van der Waals surface area contributed by atoms with Crippen LogP contribution in [0, 0.1) is 0 Å². The predicted octanol–water partition coefficient (Wildman–Crippen LogP) is 3.01. The Balaban J connectivity index is 1.49. The molecule has 7 nitrogen and oxygen atoms in total. The van der Waals surface area contributed by atoms with Gasteiger partial charge in [0, 0.05) is 24.0 Å². The highest BCUT2D eigenvalue weighted by atomic mass is 16.7. The third-order valence-electron chi connectivity index (χ3n) is 5.42. The van der Waals surface area contributed by atoms with Gasteiger partial charge in [0.25, 0.3) is 5.91 Å². The smallest absolute Gasteiger partial charge is 0.254 e. The Labute approximate surface area is 174 Å². The fourth-order valence-electron chi connectivity index (χ4n) is 3.70. The number of fused-ring (bicyclic) bond motifs is 1. The summed E-state index contributed by atoms with van der Waals surface area (Å²) in [6.45, 7) is 2.92. The van der Waals surface area contributed by atoms with Gasteiger partial charge in [-0.2, -0.15) is 10.2 Å². The minimum absolute atomic E-state index is 0.0455. The molecule has 0 aliphatic carbocycles. The number of amides is 1. The number of H-pyrrole nitrogens is 1. The molecule has 154 valence electrons. The summed E-state index contributed by atoms with van der Waals surface area (Å²) in [4.78, 5) is 31.9. The number of hydrogen-bond donors (Lipinski definition) is 1. The average Bonchev–Trinajstić information content (AvgIpc) is 3.20. The highest BCUT2D eigenvalue weighted by Crippen LogP contribution is 2.19. The van der Waals surface area contributed by atoms with E-state index in [1.165, 1.54) is 6.92 Å². The molecule has 0 radical (unpaired) electrons. The number of ketones is 1. The van der Waals surface area contributed by atoms with Crippen LogP contribution in [0.25, 0.3) is 23.1 Å². The first-order chi connectivity index (χ1) is 14.6. The number of Topliss-reactive ketones (excluding diaryl/α,β-unsaturated/α-hetero) is 1. The second-order valence-electron chi connectivity index (χ2n) is 7.31. The van der Waals surface area contributed by atoms with Crippen LogP contribution < -0.4 is 0 Å². The van der Waals surface area contributed by atoms with E-state index in [9.17, 15) is 9.59 Å². The van der Waals surface area contributed by atoms with E-state index in [-0.39, 0.29) is 11.7 Å². The van der Waals surface area contributed by atoms with Crippen LogP contribution in [-0.2, 0) is 9.63 Å². The van der Waals surface area contributed by atoms with E-state index < -0.39 is 6.04 Å². The van der Waals surface area contributed by atoms with Gasteiger partial charge in [0.2, 0.25) is 0 Å². The lowest BCUT2D eigenvalue weighted by atomic mass is 10.1. The van der Waals surface area contributed by atoms with Gasteiger partial charge in [0.05, 0.1) is 24.9 Å². The number of piperazine rings is 1. The van der Waals surface area contributed by atoms with Gasteiger partial charge in [-0.3, -0.25) is 14.7 Å². The Morgan fingerprint density at radius 3 is 2.60 bits per heavy atom. The summed E-state index contributed by atoms with van der Waals surface area (Å²) in [5, 5.41) is 10.1. The lowest BCUT2D eigenvalue weighted by Gasteiger charge is -2.39. The van der Waals surface area contributed by atoms with Gasteiger partial charge in [-0.05, 0) is 36.8 Å². The topological polar surface area (TPSA) is 78.5 Å². The zero-order chi connectivity index (χ0) is 21.1. The van der Waals surface area contributed by atoms with E-state index in [0.29, 0.717) is 25.2 Å². The largest absolute Gasteiger partial charge is 0.326 e. The van der Waals surface area contributed by atoms with Gasteiger partial charge >= 0.3 is 0 Å². The molecule has 1 aliphatic heterocycles. The molecule has 1 amide bonds. The van der Waals surface area contributed by atoms with Crippen LogP contribution in [0.15, 0.2) is 48.5 Å². The average molecular weight is 404 g/mol. The lowest BCUT2D eigenvalue weighted by molar-refractivity contribution is -0.164. The van der Waals surface area contributed by atoms with Crippen molar-refractivity contribution in [3.05, 3.63) is 65.4 Å². The Kier molecular flexibility index (Phi) is 5.74. The van der Waals surface area contributed by atoms with Crippen LogP contribution in [0.5, 0.6) is 0 Å². The first kappa shape index (κ1) is 20.0. The number of rotatable bonds is 5. The number of aromatic nitrogens is 2. The van der Waals surface area contributed by atoms with E-state index in [1.54, 1.807) is 29.2 Å². The molecule has 4 rings (SSSR count). The summed E-state index contributed by atoms with van der Waals surface area (Å²) in [7, 11) is 1.58. The summed E-state index contributed by atoms with van der Waals surface area (Å²) in [5.74, 6) is -0.185. The fraction of sp³-hybridized carbons (Fsp3) is 0.261. The molecule has 30 heavy (non-hydrogen) atoms. The highest BCUT2D eigenvalue weighted by Gasteiger charge is 2.33. The third-order valence-corrected chi connectivity index (χ3v) is 5.42. The zero-order valence-corrected chi connectivity index (χ0v) is 17.0. The molecule has 1 saturated heterocycles. The molecule has 1 N–H and O–H groups in total. The number of nitrogens with zero attached hydrogens (tertiary/aromatic N) is 3. The minimum atomic E-state index is -0.501. The van der Waals surface area contributed by atoms with E-state index in [1.807, 2.05) is 48.6 Å². The lowest BCUT2D eigenvalue weighted by Crippen LogP contribution is -2.57. The maximum atomic E-state index is 13.0. The first-order valence-corrected chi connectivity index (χ1v) is 9.88.